The minimum atomic E-state index is -3.91. The number of sulfonamides is 1. The van der Waals surface area contributed by atoms with Crippen LogP contribution in [0.2, 0.25) is 0 Å². The van der Waals surface area contributed by atoms with Gasteiger partial charge in [0.25, 0.3) is 0 Å². The van der Waals surface area contributed by atoms with E-state index in [4.69, 9.17) is 5.73 Å². The first kappa shape index (κ1) is 15.4. The van der Waals surface area contributed by atoms with Crippen molar-refractivity contribution >= 4 is 21.6 Å². The van der Waals surface area contributed by atoms with Crippen LogP contribution in [0.5, 0.6) is 0 Å². The SMILES string of the molecule is CNC(=O)CCN(C)S(=O)(=O)c1cccc(F)c1N. The van der Waals surface area contributed by atoms with Gasteiger partial charge in [0.05, 0.1) is 5.69 Å². The molecule has 1 rings (SSSR count). The minimum Gasteiger partial charge on any atom is -0.395 e. The van der Waals surface area contributed by atoms with E-state index in [1.807, 2.05) is 0 Å². The Morgan fingerprint density at radius 2 is 2.11 bits per heavy atom. The third kappa shape index (κ3) is 3.42. The van der Waals surface area contributed by atoms with Crippen molar-refractivity contribution in [2.45, 2.75) is 11.3 Å². The maximum atomic E-state index is 13.3. The average molecular weight is 289 g/mol. The molecule has 1 amide bonds. The Bertz CT molecular complexity index is 575. The van der Waals surface area contributed by atoms with Gasteiger partial charge in [-0.15, -0.1) is 0 Å². The van der Waals surface area contributed by atoms with Gasteiger partial charge in [0.1, 0.15) is 10.7 Å². The van der Waals surface area contributed by atoms with Crippen molar-refractivity contribution in [2.75, 3.05) is 26.4 Å². The lowest BCUT2D eigenvalue weighted by Crippen LogP contribution is -2.32. The van der Waals surface area contributed by atoms with Crippen LogP contribution in [0.1, 0.15) is 6.42 Å². The first-order valence-corrected chi connectivity index (χ1v) is 6.95. The molecule has 0 saturated heterocycles. The third-order valence-corrected chi connectivity index (χ3v) is 4.55. The molecule has 0 radical (unpaired) electrons. The van der Waals surface area contributed by atoms with Crippen molar-refractivity contribution in [2.24, 2.45) is 0 Å². The van der Waals surface area contributed by atoms with Gasteiger partial charge in [-0.3, -0.25) is 4.79 Å². The Morgan fingerprint density at radius 3 is 2.68 bits per heavy atom. The van der Waals surface area contributed by atoms with Gasteiger partial charge in [-0.25, -0.2) is 17.1 Å². The molecule has 0 aliphatic carbocycles. The second kappa shape index (κ2) is 5.98. The van der Waals surface area contributed by atoms with Gasteiger partial charge < -0.3 is 11.1 Å². The zero-order valence-corrected chi connectivity index (χ0v) is 11.5. The van der Waals surface area contributed by atoms with E-state index in [-0.39, 0.29) is 23.8 Å². The van der Waals surface area contributed by atoms with Crippen LogP contribution in [-0.2, 0) is 14.8 Å². The van der Waals surface area contributed by atoms with Gasteiger partial charge in [0, 0.05) is 27.1 Å². The fraction of sp³-hybridized carbons (Fsp3) is 0.364. The summed E-state index contributed by atoms with van der Waals surface area (Å²) in [5, 5.41) is 2.39. The molecule has 8 heteroatoms. The molecule has 0 saturated carbocycles. The zero-order valence-electron chi connectivity index (χ0n) is 10.7. The van der Waals surface area contributed by atoms with E-state index in [1.165, 1.54) is 26.2 Å². The molecule has 0 heterocycles. The van der Waals surface area contributed by atoms with Crippen molar-refractivity contribution in [3.63, 3.8) is 0 Å². The predicted octanol–water partition coefficient (Wildman–Crippen LogP) is 0.165. The quantitative estimate of drug-likeness (QED) is 0.755. The van der Waals surface area contributed by atoms with E-state index in [9.17, 15) is 17.6 Å². The average Bonchev–Trinajstić information content (AvgIpc) is 2.38. The molecule has 1 aromatic rings. The summed E-state index contributed by atoms with van der Waals surface area (Å²) in [6.45, 7) is -0.0159. The van der Waals surface area contributed by atoms with Crippen molar-refractivity contribution < 1.29 is 17.6 Å². The number of amides is 1. The summed E-state index contributed by atoms with van der Waals surface area (Å²) in [6, 6.07) is 3.58. The molecule has 0 fully saturated rings. The van der Waals surface area contributed by atoms with E-state index in [0.717, 1.165) is 10.4 Å². The third-order valence-electron chi connectivity index (χ3n) is 2.63. The van der Waals surface area contributed by atoms with Gasteiger partial charge in [-0.05, 0) is 12.1 Å². The van der Waals surface area contributed by atoms with Crippen molar-refractivity contribution in [3.05, 3.63) is 24.0 Å². The number of carbonyl (C=O) groups excluding carboxylic acids is 1. The molecule has 0 bridgehead atoms. The molecule has 6 nitrogen and oxygen atoms in total. The van der Waals surface area contributed by atoms with Crippen LogP contribution in [0.4, 0.5) is 10.1 Å². The first-order chi connectivity index (χ1) is 8.80. The van der Waals surface area contributed by atoms with Crippen LogP contribution in [-0.4, -0.2) is 39.3 Å². The van der Waals surface area contributed by atoms with E-state index in [0.29, 0.717) is 0 Å². The van der Waals surface area contributed by atoms with E-state index >= 15 is 0 Å². The fourth-order valence-electron chi connectivity index (χ4n) is 1.41. The molecule has 0 unspecified atom stereocenters. The summed E-state index contributed by atoms with van der Waals surface area (Å²) in [4.78, 5) is 10.8. The molecular formula is C11H16FN3O3S. The molecular weight excluding hydrogens is 273 g/mol. The minimum absolute atomic E-state index is 0.0153. The summed E-state index contributed by atoms with van der Waals surface area (Å²) < 4.78 is 38.5. The van der Waals surface area contributed by atoms with Crippen LogP contribution < -0.4 is 11.1 Å². The van der Waals surface area contributed by atoms with Gasteiger partial charge in [0.2, 0.25) is 15.9 Å². The number of benzene rings is 1. The monoisotopic (exact) mass is 289 g/mol. The largest absolute Gasteiger partial charge is 0.395 e. The Labute approximate surface area is 111 Å². The molecule has 3 N–H and O–H groups in total. The molecule has 106 valence electrons. The number of rotatable bonds is 5. The highest BCUT2D eigenvalue weighted by molar-refractivity contribution is 7.89. The topological polar surface area (TPSA) is 92.5 Å². The summed E-state index contributed by atoms with van der Waals surface area (Å²) >= 11 is 0. The van der Waals surface area contributed by atoms with Crippen molar-refractivity contribution in [1.29, 1.82) is 0 Å². The lowest BCUT2D eigenvalue weighted by molar-refractivity contribution is -0.120. The number of nitrogens with two attached hydrogens (primary N) is 1. The number of anilines is 1. The summed E-state index contributed by atoms with van der Waals surface area (Å²) in [7, 11) is -1.14. The summed E-state index contributed by atoms with van der Waals surface area (Å²) in [6.07, 6.45) is 0.0153. The second-order valence-electron chi connectivity index (χ2n) is 3.90. The summed E-state index contributed by atoms with van der Waals surface area (Å²) in [5.74, 6) is -1.07. The smallest absolute Gasteiger partial charge is 0.244 e. The molecule has 19 heavy (non-hydrogen) atoms. The lowest BCUT2D eigenvalue weighted by atomic mass is 10.3. The highest BCUT2D eigenvalue weighted by Gasteiger charge is 2.24. The van der Waals surface area contributed by atoms with Crippen LogP contribution >= 0.6 is 0 Å². The number of carbonyl (C=O) groups is 1. The standard InChI is InChI=1S/C11H16FN3O3S/c1-14-10(16)6-7-15(2)19(17,18)9-5-3-4-8(12)11(9)13/h3-5H,6-7,13H2,1-2H3,(H,14,16). The molecule has 1 aromatic carbocycles. The fourth-order valence-corrected chi connectivity index (χ4v) is 2.71. The zero-order chi connectivity index (χ0) is 14.6. The van der Waals surface area contributed by atoms with Gasteiger partial charge in [-0.1, -0.05) is 6.07 Å². The number of hydrogen-bond donors (Lipinski definition) is 2. The van der Waals surface area contributed by atoms with E-state index in [1.54, 1.807) is 0 Å². The second-order valence-corrected chi connectivity index (χ2v) is 5.91. The van der Waals surface area contributed by atoms with E-state index in [2.05, 4.69) is 5.32 Å². The normalized spacial score (nSPS) is 11.6. The van der Waals surface area contributed by atoms with Gasteiger partial charge in [0.15, 0.2) is 0 Å². The van der Waals surface area contributed by atoms with Crippen molar-refractivity contribution in [3.8, 4) is 0 Å². The van der Waals surface area contributed by atoms with Gasteiger partial charge in [-0.2, -0.15) is 0 Å². The number of halogens is 1. The van der Waals surface area contributed by atoms with Gasteiger partial charge >= 0.3 is 0 Å². The van der Waals surface area contributed by atoms with Crippen molar-refractivity contribution in [1.82, 2.24) is 9.62 Å². The van der Waals surface area contributed by atoms with Crippen LogP contribution in [0, 0.1) is 5.82 Å². The molecule has 0 aliphatic heterocycles. The number of para-hydroxylation sites is 1. The lowest BCUT2D eigenvalue weighted by Gasteiger charge is -2.18. The van der Waals surface area contributed by atoms with E-state index < -0.39 is 21.5 Å². The Balaban J connectivity index is 2.97. The van der Waals surface area contributed by atoms with Crippen LogP contribution in [0.25, 0.3) is 0 Å². The highest BCUT2D eigenvalue weighted by Crippen LogP contribution is 2.23. The summed E-state index contributed by atoms with van der Waals surface area (Å²) in [5.41, 5.74) is 5.01. The van der Waals surface area contributed by atoms with Crippen LogP contribution in [0.15, 0.2) is 23.1 Å². The molecule has 0 aliphatic rings. The maximum absolute atomic E-state index is 13.3. The number of hydrogen-bond acceptors (Lipinski definition) is 4. The predicted molar refractivity (Wildman–Crippen MR) is 69.3 cm³/mol. The van der Waals surface area contributed by atoms with Crippen LogP contribution in [0.3, 0.4) is 0 Å². The molecule has 0 aromatic heterocycles. The number of nitrogens with one attached hydrogen (secondary N) is 1. The Hall–Kier alpha value is -1.67. The highest BCUT2D eigenvalue weighted by atomic mass is 32.2. The Kier molecular flexibility index (Phi) is 4.84. The number of nitrogens with zero attached hydrogens (tertiary/aromatic N) is 1. The Morgan fingerprint density at radius 1 is 1.47 bits per heavy atom. The maximum Gasteiger partial charge on any atom is 0.244 e. The molecule has 0 atom stereocenters. The number of nitrogen functional groups attached to an aromatic ring is 1. The first-order valence-electron chi connectivity index (χ1n) is 5.51. The molecule has 0 spiro atoms.